The maximum absolute atomic E-state index is 4.68. The number of aryl methyl sites for hydroxylation is 3. The molecule has 6 nitrogen and oxygen atoms in total. The van der Waals surface area contributed by atoms with Gasteiger partial charge in [-0.15, -0.1) is 0 Å². The molecule has 0 atom stereocenters. The van der Waals surface area contributed by atoms with Crippen molar-refractivity contribution in [1.82, 2.24) is 28.7 Å². The Morgan fingerprint density at radius 1 is 0.682 bits per heavy atom. The average molecular weight is 316 g/mol. The third-order valence-electron chi connectivity index (χ3n) is 3.53. The van der Waals surface area contributed by atoms with Gasteiger partial charge in [-0.25, -0.2) is 13.4 Å². The van der Waals surface area contributed by atoms with Gasteiger partial charge in [-0.05, 0) is 37.5 Å². The van der Waals surface area contributed by atoms with Gasteiger partial charge in [0.1, 0.15) is 0 Å². The predicted octanol–water partition coefficient (Wildman–Crippen LogP) is 3.13. The Hall–Kier alpha value is -1.94. The van der Waals surface area contributed by atoms with Crippen LogP contribution in [0.25, 0.3) is 0 Å². The van der Waals surface area contributed by atoms with Crippen LogP contribution in [-0.4, -0.2) is 28.7 Å². The van der Waals surface area contributed by atoms with Gasteiger partial charge in [0.05, 0.1) is 17.1 Å². The third kappa shape index (κ3) is 2.83. The molecule has 3 aromatic heterocycles. The fraction of sp³-hybridized carbons (Fsp3) is 0.400. The second-order valence-electron chi connectivity index (χ2n) is 5.01. The zero-order valence-corrected chi connectivity index (χ0v) is 14.1. The minimum absolute atomic E-state index is 0.925. The molecule has 0 fully saturated rings. The zero-order chi connectivity index (χ0) is 15.5. The van der Waals surface area contributed by atoms with Crippen molar-refractivity contribution in [3.05, 3.63) is 53.9 Å². The van der Waals surface area contributed by atoms with Crippen LogP contribution >= 0.6 is 8.37 Å². The van der Waals surface area contributed by atoms with Crippen molar-refractivity contribution in [2.45, 2.75) is 40.0 Å². The van der Waals surface area contributed by atoms with E-state index in [-0.39, 0.29) is 0 Å². The summed E-state index contributed by atoms with van der Waals surface area (Å²) >= 11 is 0. The van der Waals surface area contributed by atoms with Crippen LogP contribution in [0.4, 0.5) is 0 Å². The first kappa shape index (κ1) is 15.0. The quantitative estimate of drug-likeness (QED) is 0.657. The number of hydrogen-bond acceptors (Lipinski definition) is 3. The van der Waals surface area contributed by atoms with Gasteiger partial charge in [0, 0.05) is 18.6 Å². The molecule has 0 N–H and O–H groups in total. The van der Waals surface area contributed by atoms with Crippen LogP contribution in [0.2, 0.25) is 0 Å². The highest BCUT2D eigenvalue weighted by molar-refractivity contribution is 7.52. The van der Waals surface area contributed by atoms with Gasteiger partial charge in [-0.1, -0.05) is 20.8 Å². The predicted molar refractivity (Wildman–Crippen MR) is 87.9 cm³/mol. The van der Waals surface area contributed by atoms with Gasteiger partial charge in [-0.2, -0.15) is 15.3 Å². The lowest BCUT2D eigenvalue weighted by Crippen LogP contribution is -2.11. The smallest absolute Gasteiger partial charge is 0.210 e. The highest BCUT2D eigenvalue weighted by atomic mass is 31.1. The maximum Gasteiger partial charge on any atom is 0.271 e. The second-order valence-corrected chi connectivity index (χ2v) is 6.78. The van der Waals surface area contributed by atoms with Crippen molar-refractivity contribution in [3.8, 4) is 0 Å². The highest BCUT2D eigenvalue weighted by Crippen LogP contribution is 2.38. The SMILES string of the molecule is CCc1ccn(P(n2ccc(CC)n2)n2ccc(CC)n2)n1. The Morgan fingerprint density at radius 3 is 1.23 bits per heavy atom. The number of nitrogens with zero attached hydrogens (tertiary/aromatic N) is 6. The minimum atomic E-state index is -0.984. The molecule has 3 heterocycles. The van der Waals surface area contributed by atoms with Crippen molar-refractivity contribution in [3.63, 3.8) is 0 Å². The summed E-state index contributed by atoms with van der Waals surface area (Å²) in [7, 11) is -0.984. The van der Waals surface area contributed by atoms with Gasteiger partial charge in [0.2, 0.25) is 0 Å². The van der Waals surface area contributed by atoms with E-state index in [0.717, 1.165) is 36.3 Å². The lowest BCUT2D eigenvalue weighted by Gasteiger charge is -2.17. The molecule has 116 valence electrons. The molecule has 3 rings (SSSR count). The van der Waals surface area contributed by atoms with Crippen molar-refractivity contribution in [2.75, 3.05) is 0 Å². The van der Waals surface area contributed by atoms with Gasteiger partial charge in [0.25, 0.3) is 8.37 Å². The van der Waals surface area contributed by atoms with Crippen LogP contribution in [0.1, 0.15) is 37.9 Å². The van der Waals surface area contributed by atoms with Gasteiger partial charge in [0.15, 0.2) is 0 Å². The topological polar surface area (TPSA) is 53.5 Å². The van der Waals surface area contributed by atoms with E-state index in [1.807, 2.05) is 31.9 Å². The maximum atomic E-state index is 4.68. The molecule has 22 heavy (non-hydrogen) atoms. The van der Waals surface area contributed by atoms with E-state index < -0.39 is 8.37 Å². The molecule has 0 aromatic carbocycles. The second kappa shape index (κ2) is 6.44. The summed E-state index contributed by atoms with van der Waals surface area (Å²) in [4.78, 5) is 0. The lowest BCUT2D eigenvalue weighted by atomic mass is 10.4. The van der Waals surface area contributed by atoms with Crippen molar-refractivity contribution in [1.29, 1.82) is 0 Å². The van der Waals surface area contributed by atoms with E-state index >= 15 is 0 Å². The highest BCUT2D eigenvalue weighted by Gasteiger charge is 2.20. The fourth-order valence-electron chi connectivity index (χ4n) is 2.20. The van der Waals surface area contributed by atoms with Crippen LogP contribution in [-0.2, 0) is 19.3 Å². The largest absolute Gasteiger partial charge is 0.271 e. The average Bonchev–Trinajstić information content (AvgIpc) is 3.28. The van der Waals surface area contributed by atoms with E-state index in [2.05, 4.69) is 54.3 Å². The monoisotopic (exact) mass is 316 g/mol. The number of hydrogen-bond donors (Lipinski definition) is 0. The summed E-state index contributed by atoms with van der Waals surface area (Å²) in [5, 5.41) is 14.0. The molecule has 0 radical (unpaired) electrons. The van der Waals surface area contributed by atoms with Crippen LogP contribution in [0.5, 0.6) is 0 Å². The summed E-state index contributed by atoms with van der Waals surface area (Å²) < 4.78 is 5.94. The molecule has 0 spiro atoms. The summed E-state index contributed by atoms with van der Waals surface area (Å²) in [5.74, 6) is 0. The van der Waals surface area contributed by atoms with E-state index in [1.54, 1.807) is 0 Å². The Balaban J connectivity index is 2.04. The first-order chi connectivity index (χ1) is 10.7. The van der Waals surface area contributed by atoms with E-state index in [9.17, 15) is 0 Å². The number of rotatable bonds is 6. The molecule has 0 saturated heterocycles. The molecular weight excluding hydrogens is 295 g/mol. The molecule has 0 aliphatic rings. The first-order valence-electron chi connectivity index (χ1n) is 7.69. The third-order valence-corrected chi connectivity index (χ3v) is 5.30. The van der Waals surface area contributed by atoms with Gasteiger partial charge >= 0.3 is 0 Å². The summed E-state index contributed by atoms with van der Waals surface area (Å²) in [6.07, 6.45) is 8.83. The lowest BCUT2D eigenvalue weighted by molar-refractivity contribution is 0.803. The van der Waals surface area contributed by atoms with Crippen molar-refractivity contribution < 1.29 is 0 Å². The Labute approximate surface area is 131 Å². The molecule has 0 saturated carbocycles. The normalized spacial score (nSPS) is 11.5. The Morgan fingerprint density at radius 2 is 1.00 bits per heavy atom. The molecule has 3 aromatic rings. The molecule has 0 aliphatic heterocycles. The molecule has 0 amide bonds. The van der Waals surface area contributed by atoms with Crippen LogP contribution in [0, 0.1) is 0 Å². The van der Waals surface area contributed by atoms with Crippen LogP contribution in [0.15, 0.2) is 36.8 Å². The Kier molecular flexibility index (Phi) is 4.39. The molecular formula is C15H21N6P. The summed E-state index contributed by atoms with van der Waals surface area (Å²) in [6.45, 7) is 6.34. The van der Waals surface area contributed by atoms with E-state index in [0.29, 0.717) is 0 Å². The van der Waals surface area contributed by atoms with E-state index in [1.165, 1.54) is 0 Å². The van der Waals surface area contributed by atoms with E-state index in [4.69, 9.17) is 0 Å². The summed E-state index contributed by atoms with van der Waals surface area (Å²) in [5.41, 5.74) is 3.25. The van der Waals surface area contributed by atoms with Gasteiger partial charge in [-0.3, -0.25) is 0 Å². The molecule has 0 unspecified atom stereocenters. The fourth-order valence-corrected chi connectivity index (χ4v) is 3.90. The first-order valence-corrected chi connectivity index (χ1v) is 8.89. The molecule has 0 bridgehead atoms. The standard InChI is InChI=1S/C15H21N6P/c1-4-13-7-10-19(16-13)22(20-11-8-14(5-2)17-20)21-12-9-15(6-3)18-21/h7-12H,4-6H2,1-3H3. The summed E-state index contributed by atoms with van der Waals surface area (Å²) in [6, 6.07) is 6.18. The minimum Gasteiger partial charge on any atom is -0.210 e. The Bertz CT molecular complexity index is 640. The van der Waals surface area contributed by atoms with Crippen LogP contribution in [0.3, 0.4) is 0 Å². The zero-order valence-electron chi connectivity index (χ0n) is 13.2. The number of aromatic nitrogens is 6. The van der Waals surface area contributed by atoms with Crippen LogP contribution < -0.4 is 0 Å². The van der Waals surface area contributed by atoms with Crippen molar-refractivity contribution in [2.24, 2.45) is 0 Å². The molecule has 0 aliphatic carbocycles. The van der Waals surface area contributed by atoms with Gasteiger partial charge < -0.3 is 0 Å². The molecule has 7 heteroatoms. The van der Waals surface area contributed by atoms with Crippen molar-refractivity contribution >= 4 is 8.37 Å².